The molecule has 1 N–H and O–H groups in total. The van der Waals surface area contributed by atoms with Crippen LogP contribution in [0.1, 0.15) is 24.7 Å². The molecule has 3 aromatic rings. The van der Waals surface area contributed by atoms with E-state index in [1.807, 2.05) is 18.4 Å². The standard InChI is InChI=1S/C14H15N3OS/c1-3-5-10-8-12(18)17-14(15-10)13(9(2)16-17)11-6-4-7-19-11/h4,6-8,16H,3,5H2,1-2H3. The maximum Gasteiger partial charge on any atom is 0.272 e. The van der Waals surface area contributed by atoms with Gasteiger partial charge in [-0.15, -0.1) is 11.3 Å². The zero-order chi connectivity index (χ0) is 13.4. The van der Waals surface area contributed by atoms with Crippen LogP contribution in [0.4, 0.5) is 0 Å². The molecule has 0 bridgehead atoms. The molecule has 4 nitrogen and oxygen atoms in total. The molecular weight excluding hydrogens is 258 g/mol. The summed E-state index contributed by atoms with van der Waals surface area (Å²) in [5, 5.41) is 5.14. The molecule has 3 heterocycles. The SMILES string of the molecule is CCCc1cc(=O)n2[nH]c(C)c(-c3cccs3)c2n1. The summed E-state index contributed by atoms with van der Waals surface area (Å²) >= 11 is 1.66. The third-order valence-electron chi connectivity index (χ3n) is 3.12. The van der Waals surface area contributed by atoms with E-state index in [9.17, 15) is 4.79 Å². The van der Waals surface area contributed by atoms with Crippen molar-refractivity contribution in [2.75, 3.05) is 0 Å². The Labute approximate surface area is 114 Å². The Morgan fingerprint density at radius 1 is 1.47 bits per heavy atom. The van der Waals surface area contributed by atoms with Crippen LogP contribution < -0.4 is 5.56 Å². The predicted molar refractivity (Wildman–Crippen MR) is 77.9 cm³/mol. The first-order valence-electron chi connectivity index (χ1n) is 6.36. The Morgan fingerprint density at radius 3 is 3.00 bits per heavy atom. The maximum absolute atomic E-state index is 12.1. The van der Waals surface area contributed by atoms with Gasteiger partial charge >= 0.3 is 0 Å². The molecule has 5 heteroatoms. The largest absolute Gasteiger partial charge is 0.293 e. The first-order chi connectivity index (χ1) is 9.20. The fourth-order valence-corrected chi connectivity index (χ4v) is 3.12. The van der Waals surface area contributed by atoms with Crippen LogP contribution >= 0.6 is 11.3 Å². The number of nitrogens with one attached hydrogen (secondary N) is 1. The lowest BCUT2D eigenvalue weighted by molar-refractivity contribution is 0.833. The van der Waals surface area contributed by atoms with Gasteiger partial charge in [0.05, 0.1) is 5.56 Å². The highest BCUT2D eigenvalue weighted by atomic mass is 32.1. The molecule has 0 aliphatic carbocycles. The molecule has 0 aliphatic rings. The van der Waals surface area contributed by atoms with E-state index >= 15 is 0 Å². The van der Waals surface area contributed by atoms with Gasteiger partial charge in [-0.1, -0.05) is 19.4 Å². The molecule has 3 rings (SSSR count). The summed E-state index contributed by atoms with van der Waals surface area (Å²) in [6.07, 6.45) is 1.82. The van der Waals surface area contributed by atoms with Gasteiger partial charge < -0.3 is 0 Å². The Morgan fingerprint density at radius 2 is 2.32 bits per heavy atom. The Hall–Kier alpha value is -1.88. The van der Waals surface area contributed by atoms with E-state index in [0.29, 0.717) is 0 Å². The minimum atomic E-state index is -0.0423. The molecule has 0 aromatic carbocycles. The van der Waals surface area contributed by atoms with Crippen molar-refractivity contribution in [3.8, 4) is 10.4 Å². The van der Waals surface area contributed by atoms with Gasteiger partial charge in [0.25, 0.3) is 5.56 Å². The summed E-state index contributed by atoms with van der Waals surface area (Å²) in [6.45, 7) is 4.06. The highest BCUT2D eigenvalue weighted by Crippen LogP contribution is 2.30. The number of rotatable bonds is 3. The molecule has 0 saturated heterocycles. The molecule has 0 aliphatic heterocycles. The fraction of sp³-hybridized carbons (Fsp3) is 0.286. The van der Waals surface area contributed by atoms with E-state index in [0.717, 1.165) is 40.3 Å². The van der Waals surface area contributed by atoms with Gasteiger partial charge in [-0.25, -0.2) is 9.50 Å². The molecule has 3 aromatic heterocycles. The predicted octanol–water partition coefficient (Wildman–Crippen LogP) is 3.01. The van der Waals surface area contributed by atoms with Crippen LogP contribution in [0.5, 0.6) is 0 Å². The topological polar surface area (TPSA) is 50.2 Å². The maximum atomic E-state index is 12.1. The second kappa shape index (κ2) is 4.66. The van der Waals surface area contributed by atoms with Crippen LogP contribution in [0.3, 0.4) is 0 Å². The summed E-state index contributed by atoms with van der Waals surface area (Å²) in [6, 6.07) is 5.68. The van der Waals surface area contributed by atoms with Crippen LogP contribution in [0, 0.1) is 6.92 Å². The minimum absolute atomic E-state index is 0.0423. The van der Waals surface area contributed by atoms with Crippen molar-refractivity contribution in [3.05, 3.63) is 45.3 Å². The number of nitrogens with zero attached hydrogens (tertiary/aromatic N) is 2. The van der Waals surface area contributed by atoms with Gasteiger partial charge in [0, 0.05) is 22.3 Å². The number of hydrogen-bond donors (Lipinski definition) is 1. The Balaban J connectivity index is 2.33. The first-order valence-corrected chi connectivity index (χ1v) is 7.23. The highest BCUT2D eigenvalue weighted by Gasteiger charge is 2.14. The van der Waals surface area contributed by atoms with Gasteiger partial charge in [0.1, 0.15) is 0 Å². The molecule has 0 fully saturated rings. The van der Waals surface area contributed by atoms with E-state index in [1.54, 1.807) is 17.4 Å². The van der Waals surface area contributed by atoms with Crippen molar-refractivity contribution in [1.82, 2.24) is 14.6 Å². The monoisotopic (exact) mass is 273 g/mol. The zero-order valence-corrected chi connectivity index (χ0v) is 11.8. The van der Waals surface area contributed by atoms with Crippen molar-refractivity contribution < 1.29 is 0 Å². The quantitative estimate of drug-likeness (QED) is 0.797. The van der Waals surface area contributed by atoms with Crippen molar-refractivity contribution in [3.63, 3.8) is 0 Å². The molecule has 0 atom stereocenters. The van der Waals surface area contributed by atoms with Gasteiger partial charge in [0.2, 0.25) is 0 Å². The molecule has 0 unspecified atom stereocenters. The average Bonchev–Trinajstić information content (AvgIpc) is 2.96. The summed E-state index contributed by atoms with van der Waals surface area (Å²) in [5.74, 6) is 0. The smallest absolute Gasteiger partial charge is 0.272 e. The van der Waals surface area contributed by atoms with Crippen LogP contribution in [-0.2, 0) is 6.42 Å². The summed E-state index contributed by atoms with van der Waals surface area (Å²) in [7, 11) is 0. The molecule has 0 amide bonds. The van der Waals surface area contributed by atoms with Crippen LogP contribution in [-0.4, -0.2) is 14.6 Å². The van der Waals surface area contributed by atoms with Crippen LogP contribution in [0.25, 0.3) is 16.1 Å². The molecule has 0 spiro atoms. The molecular formula is C14H15N3OS. The minimum Gasteiger partial charge on any atom is -0.293 e. The molecule has 0 saturated carbocycles. The molecule has 98 valence electrons. The van der Waals surface area contributed by atoms with Gasteiger partial charge in [-0.2, -0.15) is 0 Å². The summed E-state index contributed by atoms with van der Waals surface area (Å²) < 4.78 is 1.53. The number of hydrogen-bond acceptors (Lipinski definition) is 3. The number of H-pyrrole nitrogens is 1. The molecule has 0 radical (unpaired) electrons. The van der Waals surface area contributed by atoms with Crippen molar-refractivity contribution >= 4 is 17.0 Å². The van der Waals surface area contributed by atoms with Crippen molar-refractivity contribution in [2.45, 2.75) is 26.7 Å². The third-order valence-corrected chi connectivity index (χ3v) is 4.01. The molecule has 19 heavy (non-hydrogen) atoms. The van der Waals surface area contributed by atoms with E-state index in [-0.39, 0.29) is 5.56 Å². The average molecular weight is 273 g/mol. The van der Waals surface area contributed by atoms with Gasteiger partial charge in [0.15, 0.2) is 5.65 Å². The van der Waals surface area contributed by atoms with Crippen LogP contribution in [0.15, 0.2) is 28.4 Å². The van der Waals surface area contributed by atoms with E-state index in [1.165, 1.54) is 4.52 Å². The zero-order valence-electron chi connectivity index (χ0n) is 10.9. The third kappa shape index (κ3) is 2.00. The van der Waals surface area contributed by atoms with E-state index in [4.69, 9.17) is 0 Å². The van der Waals surface area contributed by atoms with Crippen LogP contribution in [0.2, 0.25) is 0 Å². The summed E-state index contributed by atoms with van der Waals surface area (Å²) in [4.78, 5) is 17.9. The Kier molecular flexibility index (Phi) is 2.98. The number of aromatic amines is 1. The van der Waals surface area contributed by atoms with Crippen molar-refractivity contribution in [1.29, 1.82) is 0 Å². The normalized spacial score (nSPS) is 11.3. The van der Waals surface area contributed by atoms with E-state index < -0.39 is 0 Å². The van der Waals surface area contributed by atoms with Gasteiger partial charge in [-0.05, 0) is 24.8 Å². The second-order valence-corrected chi connectivity index (χ2v) is 5.53. The lowest BCUT2D eigenvalue weighted by atomic mass is 10.2. The van der Waals surface area contributed by atoms with Gasteiger partial charge in [-0.3, -0.25) is 9.89 Å². The second-order valence-electron chi connectivity index (χ2n) is 4.58. The number of fused-ring (bicyclic) bond motifs is 1. The first kappa shape index (κ1) is 12.2. The lowest BCUT2D eigenvalue weighted by Crippen LogP contribution is -2.15. The summed E-state index contributed by atoms with van der Waals surface area (Å²) in [5.41, 5.74) is 3.56. The fourth-order valence-electron chi connectivity index (χ4n) is 2.30. The lowest BCUT2D eigenvalue weighted by Gasteiger charge is -2.00. The number of aryl methyl sites for hydroxylation is 2. The Bertz CT molecular complexity index is 768. The highest BCUT2D eigenvalue weighted by molar-refractivity contribution is 7.13. The number of thiophene rings is 1. The number of aromatic nitrogens is 3. The van der Waals surface area contributed by atoms with E-state index in [2.05, 4.69) is 23.1 Å². The van der Waals surface area contributed by atoms with Crippen molar-refractivity contribution in [2.24, 2.45) is 0 Å².